The molecule has 0 spiro atoms. The SMILES string of the molecule is N#Cc1ccc(-c2ccc(C#N)s2)c(NSc2cc(C(=O)O)ccc2C2CC2)c1. The third kappa shape index (κ3) is 4.12. The van der Waals surface area contributed by atoms with Crippen LogP contribution in [0.15, 0.2) is 53.4 Å². The first kappa shape index (κ1) is 19.1. The van der Waals surface area contributed by atoms with E-state index in [1.807, 2.05) is 18.2 Å². The molecule has 0 atom stereocenters. The highest BCUT2D eigenvalue weighted by atomic mass is 32.2. The van der Waals surface area contributed by atoms with Gasteiger partial charge in [0.15, 0.2) is 0 Å². The molecule has 0 bridgehead atoms. The van der Waals surface area contributed by atoms with Gasteiger partial charge in [0.2, 0.25) is 0 Å². The number of nitriles is 2. The Balaban J connectivity index is 1.68. The Bertz CT molecular complexity index is 1180. The Labute approximate surface area is 176 Å². The topological polar surface area (TPSA) is 96.9 Å². The number of hydrogen-bond donors (Lipinski definition) is 2. The molecular formula is C22H15N3O2S2. The van der Waals surface area contributed by atoms with Gasteiger partial charge in [-0.15, -0.1) is 11.3 Å². The molecule has 0 unspecified atom stereocenters. The first-order valence-electron chi connectivity index (χ1n) is 8.93. The third-order valence-corrected chi connectivity index (χ3v) is 6.60. The van der Waals surface area contributed by atoms with E-state index >= 15 is 0 Å². The predicted octanol–water partition coefficient (Wildman–Crippen LogP) is 5.85. The smallest absolute Gasteiger partial charge is 0.335 e. The summed E-state index contributed by atoms with van der Waals surface area (Å²) in [6, 6.07) is 18.6. The van der Waals surface area contributed by atoms with Crippen molar-refractivity contribution >= 4 is 34.9 Å². The first-order valence-corrected chi connectivity index (χ1v) is 10.6. The molecule has 0 saturated heterocycles. The Hall–Kier alpha value is -3.26. The number of nitrogens with zero attached hydrogens (tertiary/aromatic N) is 2. The number of hydrogen-bond acceptors (Lipinski definition) is 6. The lowest BCUT2D eigenvalue weighted by Gasteiger charge is -2.14. The van der Waals surface area contributed by atoms with E-state index in [0.717, 1.165) is 39.4 Å². The zero-order valence-corrected chi connectivity index (χ0v) is 16.8. The minimum Gasteiger partial charge on any atom is -0.478 e. The number of anilines is 1. The van der Waals surface area contributed by atoms with E-state index in [1.165, 1.54) is 23.3 Å². The van der Waals surface area contributed by atoms with Crippen LogP contribution in [0.4, 0.5) is 5.69 Å². The van der Waals surface area contributed by atoms with Crippen molar-refractivity contribution in [2.24, 2.45) is 0 Å². The Kier molecular flexibility index (Phi) is 5.26. The van der Waals surface area contributed by atoms with Crippen molar-refractivity contribution < 1.29 is 9.90 Å². The second kappa shape index (κ2) is 8.00. The van der Waals surface area contributed by atoms with E-state index in [4.69, 9.17) is 5.26 Å². The second-order valence-corrected chi connectivity index (χ2v) is 8.62. The molecular weight excluding hydrogens is 402 g/mol. The zero-order chi connectivity index (χ0) is 20.4. The lowest BCUT2D eigenvalue weighted by molar-refractivity contribution is 0.0696. The van der Waals surface area contributed by atoms with E-state index < -0.39 is 5.97 Å². The molecule has 0 amide bonds. The van der Waals surface area contributed by atoms with Crippen LogP contribution in [0.5, 0.6) is 0 Å². The van der Waals surface area contributed by atoms with Crippen LogP contribution in [0.3, 0.4) is 0 Å². The van der Waals surface area contributed by atoms with E-state index in [2.05, 4.69) is 16.9 Å². The fraction of sp³-hybridized carbons (Fsp3) is 0.136. The van der Waals surface area contributed by atoms with Gasteiger partial charge in [0, 0.05) is 15.3 Å². The third-order valence-electron chi connectivity index (χ3n) is 4.68. The standard InChI is InChI=1S/C22H15N3O2S2/c23-11-13-1-6-18(20-8-5-16(12-24)28-20)19(9-13)25-29-21-10-15(22(26)27)4-7-17(21)14-2-3-14/h1,4-10,14,25H,2-3H2,(H,26,27). The highest BCUT2D eigenvalue weighted by molar-refractivity contribution is 8.00. The van der Waals surface area contributed by atoms with Crippen molar-refractivity contribution in [3.63, 3.8) is 0 Å². The lowest BCUT2D eigenvalue weighted by atomic mass is 10.1. The molecule has 29 heavy (non-hydrogen) atoms. The number of aromatic carboxylic acids is 1. The molecule has 1 saturated carbocycles. The summed E-state index contributed by atoms with van der Waals surface area (Å²) < 4.78 is 3.32. The van der Waals surface area contributed by atoms with Gasteiger partial charge in [-0.05, 0) is 72.7 Å². The molecule has 1 aliphatic rings. The fourth-order valence-corrected chi connectivity index (χ4v) is 4.82. The van der Waals surface area contributed by atoms with E-state index in [9.17, 15) is 15.2 Å². The van der Waals surface area contributed by atoms with Crippen LogP contribution in [0.2, 0.25) is 0 Å². The molecule has 7 heteroatoms. The van der Waals surface area contributed by atoms with Gasteiger partial charge >= 0.3 is 5.97 Å². The Morgan fingerprint density at radius 2 is 1.93 bits per heavy atom. The number of carboxylic acids is 1. The van der Waals surface area contributed by atoms with Gasteiger partial charge in [0.05, 0.1) is 22.9 Å². The minimum absolute atomic E-state index is 0.251. The summed E-state index contributed by atoms with van der Waals surface area (Å²) in [5.74, 6) is -0.480. The van der Waals surface area contributed by atoms with Crippen molar-refractivity contribution in [3.8, 4) is 22.6 Å². The van der Waals surface area contributed by atoms with Crippen molar-refractivity contribution in [1.82, 2.24) is 0 Å². The van der Waals surface area contributed by atoms with Gasteiger partial charge in [-0.2, -0.15) is 10.5 Å². The summed E-state index contributed by atoms with van der Waals surface area (Å²) in [5, 5.41) is 27.7. The summed E-state index contributed by atoms with van der Waals surface area (Å²) in [6.07, 6.45) is 2.22. The predicted molar refractivity (Wildman–Crippen MR) is 114 cm³/mol. The first-order chi connectivity index (χ1) is 14.1. The van der Waals surface area contributed by atoms with Crippen molar-refractivity contribution in [2.45, 2.75) is 23.7 Å². The second-order valence-electron chi connectivity index (χ2n) is 6.68. The fourth-order valence-electron chi connectivity index (χ4n) is 3.05. The summed E-state index contributed by atoms with van der Waals surface area (Å²) >= 11 is 2.75. The van der Waals surface area contributed by atoms with Gasteiger partial charge in [-0.3, -0.25) is 0 Å². The largest absolute Gasteiger partial charge is 0.478 e. The number of benzene rings is 2. The van der Waals surface area contributed by atoms with Gasteiger partial charge in [-0.1, -0.05) is 12.1 Å². The summed E-state index contributed by atoms with van der Waals surface area (Å²) in [5.41, 5.74) is 3.57. The van der Waals surface area contributed by atoms with Crippen LogP contribution in [0.1, 0.15) is 45.1 Å². The van der Waals surface area contributed by atoms with Crippen molar-refractivity contribution in [2.75, 3.05) is 4.72 Å². The summed E-state index contributed by atoms with van der Waals surface area (Å²) in [6.45, 7) is 0. The quantitative estimate of drug-likeness (QED) is 0.488. The molecule has 3 aromatic rings. The van der Waals surface area contributed by atoms with E-state index in [-0.39, 0.29) is 5.56 Å². The van der Waals surface area contributed by atoms with Crippen molar-refractivity contribution in [3.05, 3.63) is 70.1 Å². The van der Waals surface area contributed by atoms with Crippen LogP contribution in [-0.4, -0.2) is 11.1 Å². The molecule has 1 fully saturated rings. The number of carbonyl (C=O) groups is 1. The van der Waals surface area contributed by atoms with Crippen LogP contribution < -0.4 is 4.72 Å². The lowest BCUT2D eigenvalue weighted by Crippen LogP contribution is -1.99. The van der Waals surface area contributed by atoms with Gasteiger partial charge in [0.25, 0.3) is 0 Å². The van der Waals surface area contributed by atoms with Crippen LogP contribution in [-0.2, 0) is 0 Å². The number of carboxylic acid groups (broad SMARTS) is 1. The molecule has 142 valence electrons. The number of nitrogens with one attached hydrogen (secondary N) is 1. The minimum atomic E-state index is -0.955. The maximum absolute atomic E-state index is 11.4. The molecule has 4 rings (SSSR count). The molecule has 1 aliphatic carbocycles. The van der Waals surface area contributed by atoms with Crippen LogP contribution in [0.25, 0.3) is 10.4 Å². The molecule has 2 N–H and O–H groups in total. The Morgan fingerprint density at radius 1 is 1.10 bits per heavy atom. The average Bonchev–Trinajstić information content (AvgIpc) is 3.48. The molecule has 0 aliphatic heterocycles. The molecule has 2 aromatic carbocycles. The molecule has 1 heterocycles. The van der Waals surface area contributed by atoms with Gasteiger partial charge in [0.1, 0.15) is 10.9 Å². The van der Waals surface area contributed by atoms with Gasteiger partial charge < -0.3 is 9.83 Å². The highest BCUT2D eigenvalue weighted by Crippen LogP contribution is 2.45. The number of thiophene rings is 1. The Morgan fingerprint density at radius 3 is 2.59 bits per heavy atom. The molecule has 1 aromatic heterocycles. The normalized spacial score (nSPS) is 12.8. The zero-order valence-electron chi connectivity index (χ0n) is 15.2. The summed E-state index contributed by atoms with van der Waals surface area (Å²) in [7, 11) is 0. The van der Waals surface area contributed by atoms with E-state index in [0.29, 0.717) is 16.4 Å². The summed E-state index contributed by atoms with van der Waals surface area (Å²) in [4.78, 5) is 13.8. The van der Waals surface area contributed by atoms with E-state index in [1.54, 1.807) is 30.3 Å². The van der Waals surface area contributed by atoms with Gasteiger partial charge in [-0.25, -0.2) is 4.79 Å². The molecule has 5 nitrogen and oxygen atoms in total. The number of rotatable bonds is 6. The van der Waals surface area contributed by atoms with Crippen LogP contribution >= 0.6 is 23.3 Å². The maximum Gasteiger partial charge on any atom is 0.335 e. The van der Waals surface area contributed by atoms with Crippen LogP contribution in [0, 0.1) is 22.7 Å². The monoisotopic (exact) mass is 417 g/mol. The maximum atomic E-state index is 11.4. The van der Waals surface area contributed by atoms with Crippen molar-refractivity contribution in [1.29, 1.82) is 10.5 Å². The molecule has 0 radical (unpaired) electrons. The average molecular weight is 418 g/mol. The highest BCUT2D eigenvalue weighted by Gasteiger charge is 2.27.